The van der Waals surface area contributed by atoms with Gasteiger partial charge in [-0.3, -0.25) is 0 Å². The van der Waals surface area contributed by atoms with E-state index in [4.69, 9.17) is 9.47 Å². The summed E-state index contributed by atoms with van der Waals surface area (Å²) in [6.45, 7) is 16.5. The molecule has 5 heteroatoms. The average Bonchev–Trinajstić information content (AvgIpc) is 3.51. The van der Waals surface area contributed by atoms with Gasteiger partial charge in [-0.05, 0) is 104 Å². The molecule has 1 aliphatic carbocycles. The van der Waals surface area contributed by atoms with Crippen molar-refractivity contribution in [3.8, 4) is 23.0 Å². The first kappa shape index (κ1) is 32.6. The van der Waals surface area contributed by atoms with E-state index < -0.39 is 0 Å². The highest BCUT2D eigenvalue weighted by molar-refractivity contribution is 7.33. The van der Waals surface area contributed by atoms with Gasteiger partial charge in [-0.25, -0.2) is 0 Å². The molecule has 53 heavy (non-hydrogen) atoms. The Kier molecular flexibility index (Phi) is 6.93. The molecule has 0 spiro atoms. The number of nitrogens with zero attached hydrogens (tertiary/aromatic N) is 1. The summed E-state index contributed by atoms with van der Waals surface area (Å²) in [5, 5.41) is 3.62. The molecule has 0 saturated heterocycles. The summed E-state index contributed by atoms with van der Waals surface area (Å²) in [7, 11) is 0. The second-order valence-corrected chi connectivity index (χ2v) is 18.7. The predicted octanol–water partition coefficient (Wildman–Crippen LogP) is 11.9. The van der Waals surface area contributed by atoms with E-state index in [1.54, 1.807) is 0 Å². The van der Waals surface area contributed by atoms with Crippen LogP contribution in [0, 0.1) is 0 Å². The Morgan fingerprint density at radius 2 is 1.30 bits per heavy atom. The van der Waals surface area contributed by atoms with Crippen molar-refractivity contribution in [3.05, 3.63) is 132 Å². The molecule has 3 aliphatic rings. The van der Waals surface area contributed by atoms with Crippen molar-refractivity contribution in [2.75, 3.05) is 4.90 Å². The van der Waals surface area contributed by atoms with E-state index in [1.807, 2.05) is 11.3 Å². The SMILES string of the molecule is CC(C)(C)c1ccc2sc3c(c2c1)Oc1cc(N(c2ccc4c(c2)C(C)(C)CCC4(C)C)c2ccc4ccccc4c2)cc2c1B3c1ccccc1O2. The molecule has 6 aromatic carbocycles. The van der Waals surface area contributed by atoms with E-state index in [-0.39, 0.29) is 23.0 Å². The minimum atomic E-state index is 0.0270. The number of para-hydroxylation sites is 1. The lowest BCUT2D eigenvalue weighted by atomic mass is 9.37. The van der Waals surface area contributed by atoms with Crippen LogP contribution in [0.25, 0.3) is 20.9 Å². The lowest BCUT2D eigenvalue weighted by molar-refractivity contribution is 0.332. The molecule has 2 aliphatic heterocycles. The summed E-state index contributed by atoms with van der Waals surface area (Å²) in [6, 6.07) is 42.5. The number of rotatable bonds is 3. The quantitative estimate of drug-likeness (QED) is 0.171. The first-order chi connectivity index (χ1) is 25.4. The Labute approximate surface area is 317 Å². The topological polar surface area (TPSA) is 21.7 Å². The standard InChI is InChI=1S/C48H44BNO2S/c1-46(2,3)31-17-21-42-35(25-31)44-45(53-42)49-38-14-10-11-15-39(38)51-40-27-34(28-41(52-44)43(40)49)50(32-18-16-29-12-8-9-13-30(29)24-32)33-19-20-36-37(26-33)48(6,7)23-22-47(36,4)5/h8-21,24-28H,22-23H2,1-7H3. The zero-order valence-corrected chi connectivity index (χ0v) is 32.4. The van der Waals surface area contributed by atoms with Crippen LogP contribution in [-0.2, 0) is 16.2 Å². The van der Waals surface area contributed by atoms with Crippen LogP contribution in [0.4, 0.5) is 17.1 Å². The Hall–Kier alpha value is -5.00. The summed E-state index contributed by atoms with van der Waals surface area (Å²) < 4.78 is 16.5. The Morgan fingerprint density at radius 1 is 0.623 bits per heavy atom. The highest BCUT2D eigenvalue weighted by atomic mass is 32.1. The van der Waals surface area contributed by atoms with Crippen LogP contribution in [0.1, 0.15) is 78.0 Å². The van der Waals surface area contributed by atoms with Gasteiger partial charge >= 0.3 is 0 Å². The van der Waals surface area contributed by atoms with Crippen molar-refractivity contribution in [2.45, 2.75) is 77.6 Å². The van der Waals surface area contributed by atoms with Crippen molar-refractivity contribution in [3.63, 3.8) is 0 Å². The first-order valence-corrected chi connectivity index (χ1v) is 19.8. The van der Waals surface area contributed by atoms with E-state index in [9.17, 15) is 0 Å². The molecule has 10 rings (SSSR count). The monoisotopic (exact) mass is 709 g/mol. The lowest BCUT2D eigenvalue weighted by Gasteiger charge is -2.42. The van der Waals surface area contributed by atoms with Gasteiger partial charge in [0.25, 0.3) is 6.71 Å². The Bertz CT molecular complexity index is 2640. The highest BCUT2D eigenvalue weighted by Crippen LogP contribution is 2.50. The Morgan fingerprint density at radius 3 is 2.09 bits per heavy atom. The second-order valence-electron chi connectivity index (χ2n) is 17.7. The second kappa shape index (κ2) is 11.3. The van der Waals surface area contributed by atoms with E-state index in [0.717, 1.165) is 51.9 Å². The Balaban J connectivity index is 1.21. The highest BCUT2D eigenvalue weighted by Gasteiger charge is 2.43. The molecule has 0 bridgehead atoms. The van der Waals surface area contributed by atoms with Gasteiger partial charge in [-0.2, -0.15) is 0 Å². The molecule has 0 atom stereocenters. The van der Waals surface area contributed by atoms with Gasteiger partial charge in [0.15, 0.2) is 0 Å². The van der Waals surface area contributed by atoms with E-state index >= 15 is 0 Å². The van der Waals surface area contributed by atoms with Crippen LogP contribution >= 0.6 is 11.3 Å². The van der Waals surface area contributed by atoms with Crippen molar-refractivity contribution in [1.82, 2.24) is 0 Å². The van der Waals surface area contributed by atoms with Gasteiger partial charge in [-0.15, -0.1) is 11.3 Å². The number of hydrogen-bond donors (Lipinski definition) is 0. The van der Waals surface area contributed by atoms with Crippen LogP contribution in [0.3, 0.4) is 0 Å². The minimum absolute atomic E-state index is 0.0270. The molecule has 0 amide bonds. The van der Waals surface area contributed by atoms with Crippen LogP contribution in [0.5, 0.6) is 23.0 Å². The average molecular weight is 710 g/mol. The number of fused-ring (bicyclic) bond motifs is 8. The fraction of sp³-hybridized carbons (Fsp3) is 0.250. The molecule has 0 N–H and O–H groups in total. The lowest BCUT2D eigenvalue weighted by Crippen LogP contribution is -2.56. The van der Waals surface area contributed by atoms with Gasteiger partial charge in [0.2, 0.25) is 0 Å². The van der Waals surface area contributed by atoms with Crippen molar-refractivity contribution in [1.29, 1.82) is 0 Å². The molecule has 262 valence electrons. The van der Waals surface area contributed by atoms with Crippen LogP contribution in [0.15, 0.2) is 115 Å². The van der Waals surface area contributed by atoms with Crippen molar-refractivity contribution < 1.29 is 9.47 Å². The summed E-state index contributed by atoms with van der Waals surface area (Å²) >= 11 is 1.85. The van der Waals surface area contributed by atoms with Crippen molar-refractivity contribution >= 4 is 71.7 Å². The van der Waals surface area contributed by atoms with Gasteiger partial charge in [-0.1, -0.05) is 109 Å². The minimum Gasteiger partial charge on any atom is -0.458 e. The maximum atomic E-state index is 7.15. The normalized spacial score (nSPS) is 16.2. The molecular weight excluding hydrogens is 665 g/mol. The molecule has 7 aromatic rings. The molecule has 1 aromatic heterocycles. The summed E-state index contributed by atoms with van der Waals surface area (Å²) in [6.07, 6.45) is 2.34. The first-order valence-electron chi connectivity index (χ1n) is 19.0. The summed E-state index contributed by atoms with van der Waals surface area (Å²) in [5.74, 6) is 3.59. The molecule has 3 heterocycles. The van der Waals surface area contributed by atoms with Gasteiger partial charge in [0.1, 0.15) is 23.0 Å². The molecule has 0 radical (unpaired) electrons. The van der Waals surface area contributed by atoms with Crippen molar-refractivity contribution in [2.24, 2.45) is 0 Å². The maximum absolute atomic E-state index is 7.15. The fourth-order valence-electron chi connectivity index (χ4n) is 8.97. The number of ether oxygens (including phenoxy) is 2. The molecular formula is C48H44BNO2S. The van der Waals surface area contributed by atoms with Gasteiger partial charge < -0.3 is 14.4 Å². The maximum Gasteiger partial charge on any atom is 0.273 e. The van der Waals surface area contributed by atoms with E-state index in [0.29, 0.717) is 0 Å². The van der Waals surface area contributed by atoms with Gasteiger partial charge in [0, 0.05) is 43.8 Å². The summed E-state index contributed by atoms with van der Waals surface area (Å²) in [4.78, 5) is 2.41. The predicted molar refractivity (Wildman–Crippen MR) is 226 cm³/mol. The van der Waals surface area contributed by atoms with Gasteiger partial charge in [0.05, 0.1) is 5.69 Å². The molecule has 0 unspecified atom stereocenters. The number of thiophene rings is 1. The zero-order valence-electron chi connectivity index (χ0n) is 31.6. The van der Waals surface area contributed by atoms with Crippen LogP contribution < -0.4 is 30.1 Å². The smallest absolute Gasteiger partial charge is 0.273 e. The van der Waals surface area contributed by atoms with E-state index in [1.165, 1.54) is 54.2 Å². The number of hydrogen-bond acceptors (Lipinski definition) is 4. The number of anilines is 3. The summed E-state index contributed by atoms with van der Waals surface area (Å²) in [5.41, 5.74) is 9.97. The third-order valence-electron chi connectivity index (χ3n) is 12.2. The molecule has 0 saturated carbocycles. The zero-order chi connectivity index (χ0) is 36.4. The largest absolute Gasteiger partial charge is 0.458 e. The van der Waals surface area contributed by atoms with E-state index in [2.05, 4.69) is 169 Å². The number of benzene rings is 6. The third kappa shape index (κ3) is 5.07. The fourth-order valence-corrected chi connectivity index (χ4v) is 10.2. The third-order valence-corrected chi connectivity index (χ3v) is 13.4. The molecule has 3 nitrogen and oxygen atoms in total. The van der Waals surface area contributed by atoms with Crippen LogP contribution in [0.2, 0.25) is 0 Å². The van der Waals surface area contributed by atoms with Crippen LogP contribution in [-0.4, -0.2) is 6.71 Å². The molecule has 0 fully saturated rings.